The summed E-state index contributed by atoms with van der Waals surface area (Å²) in [6.45, 7) is 6.95. The van der Waals surface area contributed by atoms with Gasteiger partial charge in [0.2, 0.25) is 5.91 Å². The Hall–Kier alpha value is -2.13. The standard InChI is InChI=1S/C23H29BrClN5O3/c1-12-15-5-13(23(15,2)3)6-17(12)29-18-9-28-30(22(32)21(18)24)11-20(31)27-7-14-16(25)8-26-10-19(14)33-4/h8-10,12-13,15,17,29H,5-7,11H2,1-4H3,(H,27,31)/t12-,13-,15+,17-/m1/s1. The number of pyridine rings is 1. The van der Waals surface area contributed by atoms with Crippen LogP contribution in [0.1, 0.15) is 39.2 Å². The number of anilines is 1. The summed E-state index contributed by atoms with van der Waals surface area (Å²) in [6.07, 6.45) is 7.00. The molecule has 33 heavy (non-hydrogen) atoms. The molecule has 0 unspecified atom stereocenters. The highest BCUT2D eigenvalue weighted by atomic mass is 79.9. The molecule has 3 fully saturated rings. The van der Waals surface area contributed by atoms with Gasteiger partial charge in [-0.25, -0.2) is 4.68 Å². The SMILES string of the molecule is COc1cncc(Cl)c1CNC(=O)Cn1ncc(N[C@@H]2C[C@H]3C[C@@H]([C@H]2C)C3(C)C)c(Br)c1=O. The van der Waals surface area contributed by atoms with Crippen LogP contribution in [0.2, 0.25) is 5.02 Å². The molecule has 5 rings (SSSR count). The second kappa shape index (κ2) is 9.25. The zero-order chi connectivity index (χ0) is 23.9. The molecule has 0 radical (unpaired) electrons. The van der Waals surface area contributed by atoms with Gasteiger partial charge in [0.05, 0.1) is 30.2 Å². The van der Waals surface area contributed by atoms with E-state index in [1.807, 2.05) is 0 Å². The average molecular weight is 539 g/mol. The minimum absolute atomic E-state index is 0.150. The summed E-state index contributed by atoms with van der Waals surface area (Å²) in [5.41, 5.74) is 1.32. The van der Waals surface area contributed by atoms with Gasteiger partial charge in [-0.3, -0.25) is 14.6 Å². The Morgan fingerprint density at radius 2 is 2.09 bits per heavy atom. The Bertz CT molecular complexity index is 1120. The Labute approximate surface area is 206 Å². The van der Waals surface area contributed by atoms with Crippen LogP contribution in [0.4, 0.5) is 5.69 Å². The van der Waals surface area contributed by atoms with Gasteiger partial charge in [-0.15, -0.1) is 0 Å². The fourth-order valence-corrected chi connectivity index (χ4v) is 6.03. The number of fused-ring (bicyclic) bond motifs is 2. The van der Waals surface area contributed by atoms with Crippen LogP contribution >= 0.6 is 27.5 Å². The van der Waals surface area contributed by atoms with Gasteiger partial charge in [0.25, 0.3) is 5.56 Å². The van der Waals surface area contributed by atoms with E-state index in [1.54, 1.807) is 6.20 Å². The lowest BCUT2D eigenvalue weighted by molar-refractivity contribution is -0.122. The summed E-state index contributed by atoms with van der Waals surface area (Å²) in [5, 5.41) is 10.9. The van der Waals surface area contributed by atoms with E-state index in [2.05, 4.69) is 57.4 Å². The van der Waals surface area contributed by atoms with E-state index >= 15 is 0 Å². The summed E-state index contributed by atoms with van der Waals surface area (Å²) >= 11 is 9.57. The summed E-state index contributed by atoms with van der Waals surface area (Å²) in [4.78, 5) is 29.3. The molecule has 4 atom stereocenters. The monoisotopic (exact) mass is 537 g/mol. The zero-order valence-electron chi connectivity index (χ0n) is 19.2. The Kier molecular flexibility index (Phi) is 6.73. The maximum absolute atomic E-state index is 12.8. The topological polar surface area (TPSA) is 98.1 Å². The molecule has 0 aromatic carbocycles. The first kappa shape index (κ1) is 24.0. The number of carbonyl (C=O) groups excluding carboxylic acids is 1. The van der Waals surface area contributed by atoms with E-state index in [-0.39, 0.29) is 24.6 Å². The van der Waals surface area contributed by atoms with Gasteiger partial charge in [-0.05, 0) is 51.9 Å². The molecule has 0 aliphatic heterocycles. The van der Waals surface area contributed by atoms with E-state index in [9.17, 15) is 9.59 Å². The van der Waals surface area contributed by atoms with Crippen molar-refractivity contribution in [1.82, 2.24) is 20.1 Å². The molecule has 2 aromatic heterocycles. The smallest absolute Gasteiger partial charge is 0.283 e. The van der Waals surface area contributed by atoms with Crippen molar-refractivity contribution < 1.29 is 9.53 Å². The lowest BCUT2D eigenvalue weighted by Gasteiger charge is -2.62. The molecule has 1 amide bonds. The molecule has 3 aliphatic rings. The predicted octanol–water partition coefficient (Wildman–Crippen LogP) is 3.86. The van der Waals surface area contributed by atoms with E-state index in [0.29, 0.717) is 55.7 Å². The largest absolute Gasteiger partial charge is 0.495 e. The van der Waals surface area contributed by atoms with Crippen molar-refractivity contribution >= 4 is 39.1 Å². The van der Waals surface area contributed by atoms with Crippen LogP contribution in [0.3, 0.4) is 0 Å². The highest BCUT2D eigenvalue weighted by Crippen LogP contribution is 2.61. The zero-order valence-corrected chi connectivity index (χ0v) is 21.5. The van der Waals surface area contributed by atoms with Crippen LogP contribution in [0, 0.1) is 23.2 Å². The minimum atomic E-state index is -0.365. The second-order valence-electron chi connectivity index (χ2n) is 9.62. The van der Waals surface area contributed by atoms with Crippen molar-refractivity contribution in [3.05, 3.63) is 44.0 Å². The van der Waals surface area contributed by atoms with Crippen molar-refractivity contribution in [1.29, 1.82) is 0 Å². The van der Waals surface area contributed by atoms with Crippen LogP contribution in [-0.2, 0) is 17.9 Å². The summed E-state index contributed by atoms with van der Waals surface area (Å²) < 4.78 is 6.76. The Balaban J connectivity index is 1.40. The van der Waals surface area contributed by atoms with Crippen LogP contribution in [0.15, 0.2) is 27.9 Å². The Morgan fingerprint density at radius 1 is 1.33 bits per heavy atom. The van der Waals surface area contributed by atoms with Gasteiger partial charge in [0, 0.05) is 24.3 Å². The number of hydrogen-bond donors (Lipinski definition) is 2. The number of ether oxygens (including phenoxy) is 1. The molecule has 8 nitrogen and oxygen atoms in total. The van der Waals surface area contributed by atoms with Gasteiger partial charge in [0.15, 0.2) is 0 Å². The third-order valence-electron chi connectivity index (χ3n) is 7.62. The number of carbonyl (C=O) groups is 1. The van der Waals surface area contributed by atoms with Gasteiger partial charge in [-0.1, -0.05) is 32.4 Å². The number of halogens is 2. The first-order valence-electron chi connectivity index (χ1n) is 11.1. The maximum atomic E-state index is 12.8. The highest BCUT2D eigenvalue weighted by Gasteiger charge is 2.56. The van der Waals surface area contributed by atoms with Crippen LogP contribution in [-0.4, -0.2) is 33.8 Å². The van der Waals surface area contributed by atoms with Crippen molar-refractivity contribution in [3.8, 4) is 5.75 Å². The fraction of sp³-hybridized carbons (Fsp3) is 0.565. The molecule has 0 spiro atoms. The lowest BCUT2D eigenvalue weighted by atomic mass is 9.45. The molecule has 178 valence electrons. The van der Waals surface area contributed by atoms with E-state index < -0.39 is 0 Å². The number of aromatic nitrogens is 3. The Morgan fingerprint density at radius 3 is 2.76 bits per heavy atom. The first-order valence-corrected chi connectivity index (χ1v) is 12.3. The van der Waals surface area contributed by atoms with Crippen molar-refractivity contribution in [3.63, 3.8) is 0 Å². The summed E-state index contributed by atoms with van der Waals surface area (Å²) in [6, 6.07) is 0.304. The molecule has 2 bridgehead atoms. The van der Waals surface area contributed by atoms with Crippen LogP contribution < -0.4 is 20.9 Å². The van der Waals surface area contributed by atoms with E-state index in [4.69, 9.17) is 16.3 Å². The highest BCUT2D eigenvalue weighted by molar-refractivity contribution is 9.10. The van der Waals surface area contributed by atoms with Gasteiger partial charge in [-0.2, -0.15) is 5.10 Å². The molecule has 2 heterocycles. The normalized spacial score (nSPS) is 25.2. The quantitative estimate of drug-likeness (QED) is 0.556. The number of amides is 1. The van der Waals surface area contributed by atoms with Gasteiger partial charge in [0.1, 0.15) is 16.8 Å². The molecule has 10 heteroatoms. The van der Waals surface area contributed by atoms with Crippen LogP contribution in [0.25, 0.3) is 0 Å². The molecule has 0 saturated heterocycles. The van der Waals surface area contributed by atoms with Crippen molar-refractivity contribution in [2.24, 2.45) is 23.2 Å². The van der Waals surface area contributed by atoms with E-state index in [0.717, 1.165) is 11.1 Å². The van der Waals surface area contributed by atoms with Crippen molar-refractivity contribution in [2.75, 3.05) is 12.4 Å². The second-order valence-corrected chi connectivity index (χ2v) is 10.8. The summed E-state index contributed by atoms with van der Waals surface area (Å²) in [5.74, 6) is 2.03. The fourth-order valence-electron chi connectivity index (χ4n) is 5.39. The molecule has 2 aromatic rings. The lowest BCUT2D eigenvalue weighted by Crippen LogP contribution is -2.58. The number of rotatable bonds is 7. The van der Waals surface area contributed by atoms with E-state index in [1.165, 1.54) is 25.9 Å². The first-order chi connectivity index (χ1) is 15.6. The predicted molar refractivity (Wildman–Crippen MR) is 130 cm³/mol. The number of methoxy groups -OCH3 is 1. The summed E-state index contributed by atoms with van der Waals surface area (Å²) in [7, 11) is 1.51. The van der Waals surface area contributed by atoms with Gasteiger partial charge >= 0.3 is 0 Å². The molecule has 3 saturated carbocycles. The molecular formula is C23H29BrClN5O3. The van der Waals surface area contributed by atoms with Crippen molar-refractivity contribution in [2.45, 2.75) is 52.7 Å². The molecular weight excluding hydrogens is 510 g/mol. The van der Waals surface area contributed by atoms with Crippen LogP contribution in [0.5, 0.6) is 5.75 Å². The number of nitrogens with one attached hydrogen (secondary N) is 2. The van der Waals surface area contributed by atoms with Gasteiger partial charge < -0.3 is 15.4 Å². The number of nitrogens with zero attached hydrogens (tertiary/aromatic N) is 3. The molecule has 2 N–H and O–H groups in total. The third-order valence-corrected chi connectivity index (χ3v) is 8.71. The average Bonchev–Trinajstić information content (AvgIpc) is 2.78. The third kappa shape index (κ3) is 4.49. The number of hydrogen-bond acceptors (Lipinski definition) is 6. The maximum Gasteiger partial charge on any atom is 0.283 e. The molecule has 3 aliphatic carbocycles. The minimum Gasteiger partial charge on any atom is -0.495 e.